The van der Waals surface area contributed by atoms with Crippen LogP contribution in [0.3, 0.4) is 0 Å². The average Bonchev–Trinajstić information content (AvgIpc) is 2.41. The molecule has 0 aromatic carbocycles. The number of rotatable bonds is 3. The Labute approximate surface area is 122 Å². The fourth-order valence-corrected chi connectivity index (χ4v) is 3.26. The van der Waals surface area contributed by atoms with E-state index in [0.29, 0.717) is 12.0 Å². The second kappa shape index (κ2) is 5.64. The third-order valence-electron chi connectivity index (χ3n) is 5.23. The molecule has 0 aromatic heterocycles. The molecule has 3 N–H and O–H groups in total. The molecule has 1 atom stereocenters. The Hall–Kier alpha value is -0.610. The van der Waals surface area contributed by atoms with Gasteiger partial charge in [0.1, 0.15) is 0 Å². The van der Waals surface area contributed by atoms with Crippen molar-refractivity contribution in [2.75, 3.05) is 13.1 Å². The first-order valence-electron chi connectivity index (χ1n) is 8.01. The van der Waals surface area contributed by atoms with Crippen LogP contribution in [0, 0.1) is 5.41 Å². The monoisotopic (exact) mass is 282 g/mol. The lowest BCUT2D eigenvalue weighted by molar-refractivity contribution is -0.129. The van der Waals surface area contributed by atoms with Crippen molar-refractivity contribution in [1.29, 1.82) is 0 Å². The molecule has 1 saturated carbocycles. The summed E-state index contributed by atoms with van der Waals surface area (Å²) in [5, 5.41) is 16.9. The molecular formula is C16H30N2O2. The van der Waals surface area contributed by atoms with Crippen LogP contribution in [0.1, 0.15) is 65.7 Å². The predicted octanol–water partition coefficient (Wildman–Crippen LogP) is 1.97. The predicted molar refractivity (Wildman–Crippen MR) is 80.5 cm³/mol. The Bertz CT molecular complexity index is 349. The van der Waals surface area contributed by atoms with E-state index in [2.05, 4.69) is 24.5 Å². The van der Waals surface area contributed by atoms with Crippen molar-refractivity contribution in [3.05, 3.63) is 0 Å². The lowest BCUT2D eigenvalue weighted by Gasteiger charge is -2.41. The van der Waals surface area contributed by atoms with Gasteiger partial charge in [-0.15, -0.1) is 0 Å². The van der Waals surface area contributed by atoms with Gasteiger partial charge in [-0.1, -0.05) is 13.8 Å². The van der Waals surface area contributed by atoms with E-state index >= 15 is 0 Å². The third-order valence-corrected chi connectivity index (χ3v) is 5.23. The standard InChI is InChI=1S/C16H30N2O2/c1-14(2)7-9-16(20,10-8-14)12-17-13(19)15(3)6-4-5-11-18-15/h18,20H,4-12H2,1-3H3,(H,17,19). The van der Waals surface area contributed by atoms with Crippen LogP contribution >= 0.6 is 0 Å². The van der Waals surface area contributed by atoms with Gasteiger partial charge in [0.05, 0.1) is 11.1 Å². The van der Waals surface area contributed by atoms with Gasteiger partial charge in [-0.3, -0.25) is 4.79 Å². The van der Waals surface area contributed by atoms with Crippen molar-refractivity contribution >= 4 is 5.91 Å². The molecule has 0 spiro atoms. The van der Waals surface area contributed by atoms with Crippen molar-refractivity contribution < 1.29 is 9.90 Å². The number of nitrogens with one attached hydrogen (secondary N) is 2. The maximum atomic E-state index is 12.3. The van der Waals surface area contributed by atoms with Gasteiger partial charge in [-0.25, -0.2) is 0 Å². The Morgan fingerprint density at radius 2 is 1.75 bits per heavy atom. The number of carbonyl (C=O) groups excluding carboxylic acids is 1. The molecule has 2 rings (SSSR count). The van der Waals surface area contributed by atoms with E-state index in [-0.39, 0.29) is 5.91 Å². The number of aliphatic hydroxyl groups is 1. The van der Waals surface area contributed by atoms with Crippen molar-refractivity contribution in [2.24, 2.45) is 5.41 Å². The Morgan fingerprint density at radius 1 is 1.10 bits per heavy atom. The topological polar surface area (TPSA) is 61.4 Å². The average molecular weight is 282 g/mol. The first-order valence-corrected chi connectivity index (χ1v) is 8.01. The van der Waals surface area contributed by atoms with Crippen LogP contribution in [0.25, 0.3) is 0 Å². The summed E-state index contributed by atoms with van der Waals surface area (Å²) in [5.74, 6) is 0.0375. The number of carbonyl (C=O) groups is 1. The highest BCUT2D eigenvalue weighted by Crippen LogP contribution is 2.39. The molecular weight excluding hydrogens is 252 g/mol. The van der Waals surface area contributed by atoms with Gasteiger partial charge in [0.15, 0.2) is 0 Å². The first kappa shape index (κ1) is 15.8. The number of hydrogen-bond donors (Lipinski definition) is 3. The fourth-order valence-electron chi connectivity index (χ4n) is 3.26. The molecule has 0 aromatic rings. The van der Waals surface area contributed by atoms with Gasteiger partial charge in [0.25, 0.3) is 0 Å². The van der Waals surface area contributed by atoms with E-state index in [1.54, 1.807) is 0 Å². The normalized spacial score (nSPS) is 32.6. The van der Waals surface area contributed by atoms with Gasteiger partial charge in [0.2, 0.25) is 5.91 Å². The molecule has 0 radical (unpaired) electrons. The zero-order chi connectivity index (χ0) is 14.9. The zero-order valence-corrected chi connectivity index (χ0v) is 13.2. The smallest absolute Gasteiger partial charge is 0.240 e. The minimum absolute atomic E-state index is 0.0375. The molecule has 0 bridgehead atoms. The van der Waals surface area contributed by atoms with Crippen LogP contribution in [0.15, 0.2) is 0 Å². The van der Waals surface area contributed by atoms with E-state index in [4.69, 9.17) is 0 Å². The fraction of sp³-hybridized carbons (Fsp3) is 0.938. The lowest BCUT2D eigenvalue weighted by atomic mass is 9.71. The molecule has 1 aliphatic heterocycles. The largest absolute Gasteiger partial charge is 0.388 e. The highest BCUT2D eigenvalue weighted by molar-refractivity contribution is 5.86. The van der Waals surface area contributed by atoms with Crippen LogP contribution in [-0.4, -0.2) is 35.2 Å². The van der Waals surface area contributed by atoms with Crippen LogP contribution in [0.2, 0.25) is 0 Å². The van der Waals surface area contributed by atoms with Crippen molar-refractivity contribution in [2.45, 2.75) is 76.9 Å². The number of hydrogen-bond acceptors (Lipinski definition) is 3. The van der Waals surface area contributed by atoms with E-state index in [1.165, 1.54) is 0 Å². The first-order chi connectivity index (χ1) is 9.25. The molecule has 1 saturated heterocycles. The van der Waals surface area contributed by atoms with E-state index in [1.807, 2.05) is 6.92 Å². The summed E-state index contributed by atoms with van der Waals surface area (Å²) in [5.41, 5.74) is -0.841. The molecule has 4 heteroatoms. The Morgan fingerprint density at radius 3 is 2.30 bits per heavy atom. The molecule has 116 valence electrons. The molecule has 1 unspecified atom stereocenters. The number of amides is 1. The summed E-state index contributed by atoms with van der Waals surface area (Å²) < 4.78 is 0. The second-order valence-corrected chi connectivity index (χ2v) is 7.79. The van der Waals surface area contributed by atoms with Crippen molar-refractivity contribution in [3.8, 4) is 0 Å². The van der Waals surface area contributed by atoms with Crippen molar-refractivity contribution in [1.82, 2.24) is 10.6 Å². The van der Waals surface area contributed by atoms with Gasteiger partial charge >= 0.3 is 0 Å². The third kappa shape index (κ3) is 3.73. The van der Waals surface area contributed by atoms with Gasteiger partial charge in [-0.05, 0) is 63.8 Å². The highest BCUT2D eigenvalue weighted by atomic mass is 16.3. The maximum absolute atomic E-state index is 12.3. The summed E-state index contributed by atoms with van der Waals surface area (Å²) in [6.07, 6.45) is 6.72. The van der Waals surface area contributed by atoms with Gasteiger partial charge in [-0.2, -0.15) is 0 Å². The quantitative estimate of drug-likeness (QED) is 0.741. The van der Waals surface area contributed by atoms with E-state index in [0.717, 1.165) is 51.5 Å². The summed E-state index contributed by atoms with van der Waals surface area (Å²) >= 11 is 0. The molecule has 1 heterocycles. The van der Waals surface area contributed by atoms with Crippen molar-refractivity contribution in [3.63, 3.8) is 0 Å². The molecule has 2 aliphatic rings. The molecule has 1 aliphatic carbocycles. The molecule has 2 fully saturated rings. The Balaban J connectivity index is 1.84. The van der Waals surface area contributed by atoms with Gasteiger partial charge in [0, 0.05) is 6.54 Å². The Kier molecular flexibility index (Phi) is 4.45. The SMILES string of the molecule is CC1(C)CCC(O)(CNC(=O)C2(C)CCCCN2)CC1. The minimum Gasteiger partial charge on any atom is -0.388 e. The molecule has 20 heavy (non-hydrogen) atoms. The summed E-state index contributed by atoms with van der Waals surface area (Å²) in [6, 6.07) is 0. The summed E-state index contributed by atoms with van der Waals surface area (Å²) in [7, 11) is 0. The summed E-state index contributed by atoms with van der Waals surface area (Å²) in [6.45, 7) is 7.76. The molecule has 1 amide bonds. The van der Waals surface area contributed by atoms with E-state index < -0.39 is 11.1 Å². The number of piperidine rings is 1. The second-order valence-electron chi connectivity index (χ2n) is 7.79. The van der Waals surface area contributed by atoms with E-state index in [9.17, 15) is 9.90 Å². The van der Waals surface area contributed by atoms with Gasteiger partial charge < -0.3 is 15.7 Å². The molecule has 4 nitrogen and oxygen atoms in total. The maximum Gasteiger partial charge on any atom is 0.240 e. The summed E-state index contributed by atoms with van der Waals surface area (Å²) in [4.78, 5) is 12.3. The lowest BCUT2D eigenvalue weighted by Crippen LogP contribution is -2.59. The van der Waals surface area contributed by atoms with Crippen LogP contribution in [0.5, 0.6) is 0 Å². The zero-order valence-electron chi connectivity index (χ0n) is 13.2. The van der Waals surface area contributed by atoms with Crippen LogP contribution < -0.4 is 10.6 Å². The highest BCUT2D eigenvalue weighted by Gasteiger charge is 2.39. The van der Waals surface area contributed by atoms with Crippen LogP contribution in [-0.2, 0) is 4.79 Å². The minimum atomic E-state index is -0.712. The van der Waals surface area contributed by atoms with Crippen LogP contribution in [0.4, 0.5) is 0 Å².